The summed E-state index contributed by atoms with van der Waals surface area (Å²) in [6, 6.07) is 0. The minimum Gasteiger partial charge on any atom is -0.299 e. The molecule has 0 fully saturated rings. The van der Waals surface area contributed by atoms with Crippen molar-refractivity contribution in [2.45, 2.75) is 52.0 Å². The molecule has 1 N–H and O–H groups in total. The first-order valence-electron chi connectivity index (χ1n) is 5.78. The summed E-state index contributed by atoms with van der Waals surface area (Å²) < 4.78 is 0. The second kappa shape index (κ2) is 6.36. The van der Waals surface area contributed by atoms with Crippen LogP contribution in [-0.2, 0) is 0 Å². The fourth-order valence-electron chi connectivity index (χ4n) is 1.54. The van der Waals surface area contributed by atoms with Crippen LogP contribution in [0.15, 0.2) is 4.99 Å². The van der Waals surface area contributed by atoms with Crippen molar-refractivity contribution in [3.8, 4) is 0 Å². The highest BCUT2D eigenvalue weighted by atomic mass is 35.5. The van der Waals surface area contributed by atoms with Crippen molar-refractivity contribution >= 4 is 23.2 Å². The maximum atomic E-state index is 5.75. The van der Waals surface area contributed by atoms with Crippen LogP contribution in [0.25, 0.3) is 0 Å². The normalized spacial score (nSPS) is 13.1. The molecular formula is C11H18Cl2N4. The van der Waals surface area contributed by atoms with Crippen molar-refractivity contribution in [3.63, 3.8) is 0 Å². The van der Waals surface area contributed by atoms with Crippen molar-refractivity contribution in [3.05, 3.63) is 16.2 Å². The molecule has 0 atom stereocenters. The first-order chi connectivity index (χ1) is 7.93. The van der Waals surface area contributed by atoms with Gasteiger partial charge in [-0.15, -0.1) is 0 Å². The highest BCUT2D eigenvalue weighted by molar-refractivity contribution is 6.30. The Kier molecular flexibility index (Phi) is 5.40. The highest BCUT2D eigenvalue weighted by Crippen LogP contribution is 2.17. The third-order valence-electron chi connectivity index (χ3n) is 2.40. The van der Waals surface area contributed by atoms with Crippen LogP contribution >= 0.6 is 23.2 Å². The molecule has 4 nitrogen and oxygen atoms in total. The van der Waals surface area contributed by atoms with Gasteiger partial charge in [-0.05, 0) is 43.5 Å². The largest absolute Gasteiger partial charge is 0.299 e. The lowest BCUT2D eigenvalue weighted by Gasteiger charge is -2.18. The fourth-order valence-corrected chi connectivity index (χ4v) is 1.92. The van der Waals surface area contributed by atoms with E-state index in [2.05, 4.69) is 40.7 Å². The molecule has 1 rings (SSSR count). The fraction of sp³-hybridized carbons (Fsp3) is 0.727. The van der Waals surface area contributed by atoms with E-state index in [4.69, 9.17) is 23.2 Å². The average Bonchev–Trinajstić information content (AvgIpc) is 2.14. The topological polar surface area (TPSA) is 53.9 Å². The third kappa shape index (κ3) is 5.50. The molecule has 0 amide bonds. The molecule has 0 aliphatic carbocycles. The van der Waals surface area contributed by atoms with Gasteiger partial charge in [0.25, 0.3) is 0 Å². The molecule has 0 radical (unpaired) electrons. The maximum absolute atomic E-state index is 5.75. The van der Waals surface area contributed by atoms with Crippen LogP contribution in [0.5, 0.6) is 0 Å². The van der Waals surface area contributed by atoms with E-state index < -0.39 is 0 Å². The monoisotopic (exact) mass is 276 g/mol. The molecule has 1 aromatic rings. The Labute approximate surface area is 112 Å². The van der Waals surface area contributed by atoms with E-state index in [0.717, 1.165) is 12.8 Å². The van der Waals surface area contributed by atoms with Gasteiger partial charge < -0.3 is 0 Å². The van der Waals surface area contributed by atoms with Crippen molar-refractivity contribution in [1.82, 2.24) is 15.0 Å². The second-order valence-corrected chi connectivity index (χ2v) is 5.31. The van der Waals surface area contributed by atoms with Gasteiger partial charge in [0, 0.05) is 0 Å². The molecule has 1 aromatic heterocycles. The summed E-state index contributed by atoms with van der Waals surface area (Å²) in [5.74, 6) is 0. The van der Waals surface area contributed by atoms with Crippen molar-refractivity contribution in [1.29, 1.82) is 0 Å². The lowest BCUT2D eigenvalue weighted by atomic mass is 9.98. The number of halogens is 2. The van der Waals surface area contributed by atoms with E-state index in [-0.39, 0.29) is 16.1 Å². The van der Waals surface area contributed by atoms with E-state index in [0.29, 0.717) is 5.62 Å². The molecule has 0 saturated heterocycles. The van der Waals surface area contributed by atoms with Gasteiger partial charge in [0.2, 0.25) is 16.2 Å². The Bertz CT molecular complexity index is 402. The Balaban J connectivity index is 2.84. The molecule has 0 bridgehead atoms. The molecular weight excluding hydrogens is 259 g/mol. The molecule has 0 aliphatic rings. The lowest BCUT2D eigenvalue weighted by Crippen LogP contribution is -2.25. The summed E-state index contributed by atoms with van der Waals surface area (Å²) in [6.45, 7) is 6.32. The van der Waals surface area contributed by atoms with Gasteiger partial charge >= 0.3 is 0 Å². The van der Waals surface area contributed by atoms with Crippen LogP contribution in [-0.4, -0.2) is 20.5 Å². The summed E-state index contributed by atoms with van der Waals surface area (Å²) >= 11 is 11.5. The lowest BCUT2D eigenvalue weighted by molar-refractivity contribution is 0.436. The van der Waals surface area contributed by atoms with Gasteiger partial charge in [-0.25, -0.2) is 4.99 Å². The number of aromatic nitrogens is 3. The first kappa shape index (κ1) is 14.5. The molecule has 0 aromatic carbocycles. The number of unbranched alkanes of at least 4 members (excludes halogenated alkanes) is 2. The van der Waals surface area contributed by atoms with Gasteiger partial charge in [0.1, 0.15) is 0 Å². The van der Waals surface area contributed by atoms with Gasteiger partial charge in [-0.3, -0.25) is 4.98 Å². The Morgan fingerprint density at radius 2 is 1.94 bits per heavy atom. The number of hydrogen-bond donors (Lipinski definition) is 1. The number of H-pyrrole nitrogens is 1. The predicted octanol–water partition coefficient (Wildman–Crippen LogP) is 3.37. The zero-order chi connectivity index (χ0) is 12.9. The summed E-state index contributed by atoms with van der Waals surface area (Å²) in [5, 5.41) is 0.310. The molecule has 1 heterocycles. The minimum atomic E-state index is -0.174. The highest BCUT2D eigenvalue weighted by Gasteiger charge is 2.15. The quantitative estimate of drug-likeness (QED) is 0.839. The van der Waals surface area contributed by atoms with Crippen molar-refractivity contribution in [2.24, 2.45) is 4.99 Å². The first-order valence-corrected chi connectivity index (χ1v) is 6.54. The van der Waals surface area contributed by atoms with E-state index in [1.165, 1.54) is 12.8 Å². The molecule has 0 unspecified atom stereocenters. The summed E-state index contributed by atoms with van der Waals surface area (Å²) in [6.07, 6.45) is 4.58. The van der Waals surface area contributed by atoms with Crippen LogP contribution in [0.2, 0.25) is 10.6 Å². The van der Waals surface area contributed by atoms with E-state index >= 15 is 0 Å². The summed E-state index contributed by atoms with van der Waals surface area (Å²) in [5.41, 5.74) is 0.253. The third-order valence-corrected chi connectivity index (χ3v) is 2.75. The number of nitrogens with zero attached hydrogens (tertiary/aromatic N) is 3. The molecule has 0 spiro atoms. The smallest absolute Gasteiger partial charge is 0.228 e. The summed E-state index contributed by atoms with van der Waals surface area (Å²) in [7, 11) is 0. The average molecular weight is 277 g/mol. The van der Waals surface area contributed by atoms with Crippen LogP contribution in [0.4, 0.5) is 0 Å². The number of hydrogen-bond acceptors (Lipinski definition) is 3. The standard InChI is InChI=1S/C11H18Cl2N4/c1-4-5-6-7-11(2,3)17-10-15-8(12)14-9(13)16-10/h4-7H2,1-3H3,(H,14,15,16,17). The molecule has 6 heteroatoms. The Morgan fingerprint density at radius 1 is 1.24 bits per heavy atom. The number of nitrogens with one attached hydrogen (secondary N) is 1. The van der Waals surface area contributed by atoms with Crippen LogP contribution in [0.3, 0.4) is 0 Å². The minimum absolute atomic E-state index is 0.108. The zero-order valence-electron chi connectivity index (χ0n) is 10.4. The van der Waals surface area contributed by atoms with Gasteiger partial charge in [0.15, 0.2) is 0 Å². The molecule has 0 aliphatic heterocycles. The second-order valence-electron chi connectivity index (χ2n) is 4.61. The summed E-state index contributed by atoms with van der Waals surface area (Å²) in [4.78, 5) is 15.0. The van der Waals surface area contributed by atoms with Crippen LogP contribution in [0.1, 0.15) is 46.5 Å². The predicted molar refractivity (Wildman–Crippen MR) is 70.2 cm³/mol. The number of rotatable bonds is 5. The SMILES string of the molecule is CCCCCC(C)(C)N=c1nc(Cl)nc(Cl)[nH]1. The van der Waals surface area contributed by atoms with Crippen LogP contribution < -0.4 is 5.62 Å². The zero-order valence-corrected chi connectivity index (χ0v) is 11.9. The molecule has 17 heavy (non-hydrogen) atoms. The van der Waals surface area contributed by atoms with Crippen molar-refractivity contribution in [2.75, 3.05) is 0 Å². The molecule has 0 saturated carbocycles. The van der Waals surface area contributed by atoms with E-state index in [1.54, 1.807) is 0 Å². The van der Waals surface area contributed by atoms with Crippen LogP contribution in [0, 0.1) is 0 Å². The Morgan fingerprint density at radius 3 is 2.53 bits per heavy atom. The maximum Gasteiger partial charge on any atom is 0.228 e. The van der Waals surface area contributed by atoms with E-state index in [1.807, 2.05) is 0 Å². The van der Waals surface area contributed by atoms with Gasteiger partial charge in [0.05, 0.1) is 5.54 Å². The van der Waals surface area contributed by atoms with E-state index in [9.17, 15) is 0 Å². The van der Waals surface area contributed by atoms with Crippen molar-refractivity contribution < 1.29 is 0 Å². The molecule has 96 valence electrons. The Hall–Kier alpha value is -0.610. The number of aromatic amines is 1. The van der Waals surface area contributed by atoms with Gasteiger partial charge in [-0.2, -0.15) is 9.97 Å². The van der Waals surface area contributed by atoms with Gasteiger partial charge in [-0.1, -0.05) is 26.2 Å².